The van der Waals surface area contributed by atoms with E-state index in [1.54, 1.807) is 30.3 Å². The van der Waals surface area contributed by atoms with Crippen molar-refractivity contribution in [2.24, 2.45) is 0 Å². The van der Waals surface area contributed by atoms with Crippen LogP contribution in [0.5, 0.6) is 11.5 Å². The van der Waals surface area contributed by atoms with Gasteiger partial charge in [0, 0.05) is 0 Å². The number of rotatable bonds is 5. The average Bonchev–Trinajstić information content (AvgIpc) is 2.53. The van der Waals surface area contributed by atoms with E-state index in [-0.39, 0.29) is 17.0 Å². The molecular formula is C15H15NO5. The summed E-state index contributed by atoms with van der Waals surface area (Å²) < 4.78 is 10.2. The maximum absolute atomic E-state index is 11.2. The van der Waals surface area contributed by atoms with E-state index in [1.807, 2.05) is 0 Å². The SMILES string of the molecule is COc1cc([C@@H](O)c2ccccc2)c([N+](=O)[O-])cc1OC. The van der Waals surface area contributed by atoms with E-state index in [4.69, 9.17) is 9.47 Å². The standard InChI is InChI=1S/C15H15NO5/c1-20-13-8-11(12(16(18)19)9-14(13)21-2)15(17)10-6-4-3-5-7-10/h3-9,15,17H,1-2H3/t15-/m0/s1. The second kappa shape index (κ2) is 6.23. The summed E-state index contributed by atoms with van der Waals surface area (Å²) in [5, 5.41) is 21.6. The number of nitro groups is 1. The Bertz CT molecular complexity index is 642. The molecule has 0 amide bonds. The Hall–Kier alpha value is -2.60. The molecule has 2 rings (SSSR count). The van der Waals surface area contributed by atoms with Crippen molar-refractivity contribution in [3.05, 3.63) is 63.7 Å². The summed E-state index contributed by atoms with van der Waals surface area (Å²) in [5.41, 5.74) is 0.501. The zero-order valence-corrected chi connectivity index (χ0v) is 11.6. The Morgan fingerprint density at radius 1 is 1.10 bits per heavy atom. The summed E-state index contributed by atoms with van der Waals surface area (Å²) in [5.74, 6) is 0.571. The molecule has 1 atom stereocenters. The summed E-state index contributed by atoms with van der Waals surface area (Å²) >= 11 is 0. The van der Waals surface area contributed by atoms with Crippen molar-refractivity contribution in [3.63, 3.8) is 0 Å². The largest absolute Gasteiger partial charge is 0.493 e. The molecule has 0 saturated carbocycles. The molecule has 21 heavy (non-hydrogen) atoms. The highest BCUT2D eigenvalue weighted by Crippen LogP contribution is 2.39. The first-order chi connectivity index (χ1) is 10.1. The Morgan fingerprint density at radius 3 is 2.19 bits per heavy atom. The smallest absolute Gasteiger partial charge is 0.279 e. The Labute approximate surface area is 121 Å². The van der Waals surface area contributed by atoms with Crippen LogP contribution in [0.4, 0.5) is 5.69 Å². The van der Waals surface area contributed by atoms with Crippen molar-refractivity contribution in [3.8, 4) is 11.5 Å². The molecule has 2 aromatic carbocycles. The van der Waals surface area contributed by atoms with Gasteiger partial charge in [-0.25, -0.2) is 0 Å². The van der Waals surface area contributed by atoms with Gasteiger partial charge in [0.05, 0.1) is 30.8 Å². The van der Waals surface area contributed by atoms with E-state index in [0.29, 0.717) is 11.3 Å². The van der Waals surface area contributed by atoms with E-state index in [0.717, 1.165) is 0 Å². The molecule has 0 bridgehead atoms. The van der Waals surface area contributed by atoms with Crippen LogP contribution in [0.3, 0.4) is 0 Å². The summed E-state index contributed by atoms with van der Waals surface area (Å²) in [7, 11) is 2.83. The first-order valence-electron chi connectivity index (χ1n) is 6.21. The fraction of sp³-hybridized carbons (Fsp3) is 0.200. The first-order valence-corrected chi connectivity index (χ1v) is 6.21. The molecule has 0 spiro atoms. The van der Waals surface area contributed by atoms with Gasteiger partial charge in [-0.2, -0.15) is 0 Å². The third-order valence-corrected chi connectivity index (χ3v) is 3.14. The van der Waals surface area contributed by atoms with Gasteiger partial charge in [0.15, 0.2) is 11.5 Å². The molecular weight excluding hydrogens is 274 g/mol. The van der Waals surface area contributed by atoms with Crippen LogP contribution in [-0.2, 0) is 0 Å². The molecule has 0 saturated heterocycles. The minimum absolute atomic E-state index is 0.156. The zero-order valence-electron chi connectivity index (χ0n) is 11.6. The molecule has 2 aromatic rings. The first kappa shape index (κ1) is 14.8. The maximum Gasteiger partial charge on any atom is 0.279 e. The van der Waals surface area contributed by atoms with Crippen LogP contribution < -0.4 is 9.47 Å². The van der Waals surface area contributed by atoms with Gasteiger partial charge in [-0.15, -0.1) is 0 Å². The van der Waals surface area contributed by atoms with E-state index in [1.165, 1.54) is 26.4 Å². The molecule has 0 fully saturated rings. The highest BCUT2D eigenvalue weighted by molar-refractivity contribution is 5.56. The number of methoxy groups -OCH3 is 2. The van der Waals surface area contributed by atoms with Crippen LogP contribution in [0.25, 0.3) is 0 Å². The quantitative estimate of drug-likeness (QED) is 0.676. The van der Waals surface area contributed by atoms with E-state index < -0.39 is 11.0 Å². The van der Waals surface area contributed by atoms with Crippen LogP contribution in [-0.4, -0.2) is 24.2 Å². The van der Waals surface area contributed by atoms with E-state index in [2.05, 4.69) is 0 Å². The number of hydrogen-bond donors (Lipinski definition) is 1. The lowest BCUT2D eigenvalue weighted by molar-refractivity contribution is -0.386. The maximum atomic E-state index is 11.2. The summed E-state index contributed by atoms with van der Waals surface area (Å²) in [4.78, 5) is 10.7. The highest BCUT2D eigenvalue weighted by atomic mass is 16.6. The van der Waals surface area contributed by atoms with Crippen LogP contribution >= 0.6 is 0 Å². The van der Waals surface area contributed by atoms with Gasteiger partial charge < -0.3 is 14.6 Å². The van der Waals surface area contributed by atoms with Gasteiger partial charge in [-0.1, -0.05) is 30.3 Å². The Kier molecular flexibility index (Phi) is 4.39. The van der Waals surface area contributed by atoms with E-state index in [9.17, 15) is 15.2 Å². The molecule has 1 N–H and O–H groups in total. The normalized spacial score (nSPS) is 11.8. The molecule has 0 aromatic heterocycles. The molecule has 6 heteroatoms. The lowest BCUT2D eigenvalue weighted by atomic mass is 9.99. The van der Waals surface area contributed by atoms with Crippen molar-refractivity contribution in [2.75, 3.05) is 14.2 Å². The summed E-state index contributed by atoms with van der Waals surface area (Å²) in [6.07, 6.45) is -1.12. The Balaban J connectivity index is 2.58. The third kappa shape index (κ3) is 2.95. The summed E-state index contributed by atoms with van der Waals surface area (Å²) in [6, 6.07) is 11.4. The van der Waals surface area contributed by atoms with Crippen molar-refractivity contribution in [1.82, 2.24) is 0 Å². The summed E-state index contributed by atoms with van der Waals surface area (Å²) in [6.45, 7) is 0. The van der Waals surface area contributed by atoms with Crippen molar-refractivity contribution in [1.29, 1.82) is 0 Å². The number of aliphatic hydroxyl groups excluding tert-OH is 1. The molecule has 0 radical (unpaired) electrons. The molecule has 6 nitrogen and oxygen atoms in total. The third-order valence-electron chi connectivity index (χ3n) is 3.14. The van der Waals surface area contributed by atoms with Gasteiger partial charge in [0.25, 0.3) is 5.69 Å². The second-order valence-corrected chi connectivity index (χ2v) is 4.34. The van der Waals surface area contributed by atoms with Crippen molar-refractivity contribution in [2.45, 2.75) is 6.10 Å². The van der Waals surface area contributed by atoms with Crippen molar-refractivity contribution < 1.29 is 19.5 Å². The zero-order chi connectivity index (χ0) is 15.4. The topological polar surface area (TPSA) is 81.8 Å². The molecule has 0 aliphatic heterocycles. The molecule has 110 valence electrons. The Morgan fingerprint density at radius 2 is 1.67 bits per heavy atom. The fourth-order valence-corrected chi connectivity index (χ4v) is 2.08. The molecule has 0 unspecified atom stereocenters. The van der Waals surface area contributed by atoms with Gasteiger partial charge in [-0.3, -0.25) is 10.1 Å². The number of benzene rings is 2. The minimum Gasteiger partial charge on any atom is -0.493 e. The minimum atomic E-state index is -1.12. The molecule has 0 heterocycles. The van der Waals surface area contributed by atoms with Crippen molar-refractivity contribution >= 4 is 5.69 Å². The second-order valence-electron chi connectivity index (χ2n) is 4.34. The van der Waals surface area contributed by atoms with Gasteiger partial charge in [0.2, 0.25) is 0 Å². The van der Waals surface area contributed by atoms with Crippen LogP contribution in [0.1, 0.15) is 17.2 Å². The van der Waals surface area contributed by atoms with Gasteiger partial charge in [-0.05, 0) is 11.6 Å². The van der Waals surface area contributed by atoms with Crippen LogP contribution in [0.2, 0.25) is 0 Å². The predicted octanol–water partition coefficient (Wildman–Crippen LogP) is 2.69. The molecule has 0 aliphatic carbocycles. The van der Waals surface area contributed by atoms with E-state index >= 15 is 0 Å². The van der Waals surface area contributed by atoms with Crippen LogP contribution in [0.15, 0.2) is 42.5 Å². The number of aliphatic hydroxyl groups is 1. The number of hydrogen-bond acceptors (Lipinski definition) is 5. The fourth-order valence-electron chi connectivity index (χ4n) is 2.08. The lowest BCUT2D eigenvalue weighted by Crippen LogP contribution is -2.05. The predicted molar refractivity (Wildman–Crippen MR) is 76.7 cm³/mol. The lowest BCUT2D eigenvalue weighted by Gasteiger charge is -2.15. The number of nitro benzene ring substituents is 1. The monoisotopic (exact) mass is 289 g/mol. The highest BCUT2D eigenvalue weighted by Gasteiger charge is 2.25. The van der Waals surface area contributed by atoms with Gasteiger partial charge in [0.1, 0.15) is 6.10 Å². The molecule has 0 aliphatic rings. The van der Waals surface area contributed by atoms with Crippen LogP contribution in [0, 0.1) is 10.1 Å². The average molecular weight is 289 g/mol. The number of nitrogens with zero attached hydrogens (tertiary/aromatic N) is 1. The van der Waals surface area contributed by atoms with Gasteiger partial charge >= 0.3 is 0 Å². The number of ether oxygens (including phenoxy) is 2.